The number of allylic oxidation sites excluding steroid dienone is 6. The van der Waals surface area contributed by atoms with Gasteiger partial charge in [-0.1, -0.05) is 32.1 Å². The number of unbranched alkanes of at least 4 members (excludes halogenated alkanes) is 2. The van der Waals surface area contributed by atoms with Crippen LogP contribution in [0.15, 0.2) is 82.3 Å². The van der Waals surface area contributed by atoms with Crippen molar-refractivity contribution in [2.75, 3.05) is 23.7 Å². The molecule has 3 heterocycles. The normalized spacial score (nSPS) is 18.8. The summed E-state index contributed by atoms with van der Waals surface area (Å²) in [5.41, 5.74) is 2.49. The first-order chi connectivity index (χ1) is 26.4. The summed E-state index contributed by atoms with van der Waals surface area (Å²) in [6.07, 6.45) is 10.6. The van der Waals surface area contributed by atoms with Gasteiger partial charge in [0.25, 0.3) is 32.1 Å². The van der Waals surface area contributed by atoms with Gasteiger partial charge in [0.05, 0.1) is 21.0 Å². The molecule has 0 saturated carbocycles. The SMILES string of the molecule is CC1(C)C(/C=C/C=C/C=C2/N(CCCS(=O)(=O)O)c3ccc(S(=O)(=O)O)cc3C2(C)C)=[N+](CCCCCC(=O)ON2C(=O)CCC2=O)c2ccc(S(=O)(=O)[O-])cc21. The third-order valence-corrected chi connectivity index (χ3v) is 12.8. The smallest absolute Gasteiger partial charge is 0.333 e. The molecule has 5 rings (SSSR count). The van der Waals surface area contributed by atoms with Gasteiger partial charge in [0, 0.05) is 66.7 Å². The molecule has 2 aromatic carbocycles. The summed E-state index contributed by atoms with van der Waals surface area (Å²) in [5.74, 6) is -2.29. The van der Waals surface area contributed by atoms with Crippen LogP contribution in [0.1, 0.15) is 83.8 Å². The number of hydroxylamine groups is 2. The maximum atomic E-state index is 12.3. The second kappa shape index (κ2) is 16.4. The summed E-state index contributed by atoms with van der Waals surface area (Å²) in [6.45, 7) is 8.16. The average molecular weight is 848 g/mol. The van der Waals surface area contributed by atoms with Crippen molar-refractivity contribution in [1.82, 2.24) is 5.06 Å². The van der Waals surface area contributed by atoms with Crippen molar-refractivity contribution in [1.29, 1.82) is 0 Å². The van der Waals surface area contributed by atoms with E-state index in [4.69, 9.17) is 4.84 Å². The van der Waals surface area contributed by atoms with Crippen molar-refractivity contribution < 1.29 is 62.7 Å². The maximum absolute atomic E-state index is 12.3. The summed E-state index contributed by atoms with van der Waals surface area (Å²) in [6, 6.07) is 8.42. The molecule has 0 atom stereocenters. The Hall–Kier alpha value is -4.53. The lowest BCUT2D eigenvalue weighted by Crippen LogP contribution is -2.31. The van der Waals surface area contributed by atoms with Gasteiger partial charge in [-0.2, -0.15) is 21.4 Å². The fourth-order valence-electron chi connectivity index (χ4n) is 7.39. The van der Waals surface area contributed by atoms with Crippen LogP contribution in [0.4, 0.5) is 11.4 Å². The molecule has 2 N–H and O–H groups in total. The number of rotatable bonds is 16. The second-order valence-corrected chi connectivity index (χ2v) is 19.4. The highest BCUT2D eigenvalue weighted by Crippen LogP contribution is 2.48. The Morgan fingerprint density at radius 3 is 2.12 bits per heavy atom. The molecule has 0 aromatic heterocycles. The molecule has 308 valence electrons. The Bertz CT molecular complexity index is 2430. The number of fused-ring (bicyclic) bond motifs is 2. The predicted octanol–water partition coefficient (Wildman–Crippen LogP) is 4.45. The van der Waals surface area contributed by atoms with Gasteiger partial charge >= 0.3 is 5.97 Å². The lowest BCUT2D eigenvalue weighted by Gasteiger charge is -2.27. The van der Waals surface area contributed by atoms with E-state index in [1.54, 1.807) is 30.4 Å². The van der Waals surface area contributed by atoms with E-state index in [0.29, 0.717) is 59.1 Å². The van der Waals surface area contributed by atoms with E-state index in [1.165, 1.54) is 30.3 Å². The zero-order chi connectivity index (χ0) is 42.1. The predicted molar refractivity (Wildman–Crippen MR) is 207 cm³/mol. The van der Waals surface area contributed by atoms with Gasteiger partial charge in [0.1, 0.15) is 16.7 Å². The molecule has 0 aliphatic carbocycles. The minimum absolute atomic E-state index is 0.000933. The monoisotopic (exact) mass is 847 g/mol. The zero-order valence-corrected chi connectivity index (χ0v) is 34.3. The van der Waals surface area contributed by atoms with Crippen LogP contribution in [-0.2, 0) is 60.4 Å². The second-order valence-electron chi connectivity index (χ2n) is 15.0. The van der Waals surface area contributed by atoms with Crippen molar-refractivity contribution >= 4 is 65.2 Å². The quantitative estimate of drug-likeness (QED) is 0.0781. The summed E-state index contributed by atoms with van der Waals surface area (Å²) in [5, 5.41) is 0.514. The number of carbonyl (C=O) groups excluding carboxylic acids is 3. The van der Waals surface area contributed by atoms with Gasteiger partial charge in [-0.15, -0.1) is 5.06 Å². The summed E-state index contributed by atoms with van der Waals surface area (Å²) in [4.78, 5) is 41.9. The van der Waals surface area contributed by atoms with E-state index in [0.717, 1.165) is 5.71 Å². The third kappa shape index (κ3) is 9.78. The first-order valence-electron chi connectivity index (χ1n) is 18.1. The molecular weight excluding hydrogens is 803 g/mol. The molecule has 0 radical (unpaired) electrons. The van der Waals surface area contributed by atoms with E-state index in [2.05, 4.69) is 0 Å². The molecule has 3 aliphatic heterocycles. The molecule has 0 spiro atoms. The molecule has 2 amide bonds. The van der Waals surface area contributed by atoms with Gasteiger partial charge in [-0.3, -0.25) is 18.7 Å². The van der Waals surface area contributed by atoms with Crippen LogP contribution in [0.5, 0.6) is 0 Å². The number of anilines is 1. The minimum atomic E-state index is -4.74. The van der Waals surface area contributed by atoms with Crippen LogP contribution < -0.4 is 4.90 Å². The average Bonchev–Trinajstić information content (AvgIpc) is 3.61. The fraction of sp³-hybridized carbons (Fsp3) is 0.421. The molecule has 0 bridgehead atoms. The number of carbonyl (C=O) groups is 3. The minimum Gasteiger partial charge on any atom is -0.744 e. The number of benzene rings is 2. The van der Waals surface area contributed by atoms with Crippen LogP contribution >= 0.6 is 0 Å². The number of imide groups is 1. The van der Waals surface area contributed by atoms with Crippen molar-refractivity contribution in [3.8, 4) is 0 Å². The fourth-order valence-corrected chi connectivity index (χ4v) is 8.89. The topological polar surface area (TPSA) is 236 Å². The lowest BCUT2D eigenvalue weighted by atomic mass is 9.81. The van der Waals surface area contributed by atoms with E-state index in [9.17, 15) is 53.3 Å². The van der Waals surface area contributed by atoms with Crippen LogP contribution in [0, 0.1) is 0 Å². The summed E-state index contributed by atoms with van der Waals surface area (Å²) >= 11 is 0. The van der Waals surface area contributed by atoms with E-state index in [1.807, 2.05) is 43.2 Å². The summed E-state index contributed by atoms with van der Waals surface area (Å²) in [7, 11) is -13.5. The number of hydrogen-bond donors (Lipinski definition) is 2. The molecule has 2 aromatic rings. The molecule has 1 saturated heterocycles. The van der Waals surface area contributed by atoms with Gasteiger partial charge in [-0.25, -0.2) is 13.2 Å². The molecule has 1 fully saturated rings. The van der Waals surface area contributed by atoms with Gasteiger partial charge in [0.2, 0.25) is 5.69 Å². The molecule has 0 unspecified atom stereocenters. The molecule has 19 heteroatoms. The molecular formula is C38H45N3O13S3. The Balaban J connectivity index is 1.39. The van der Waals surface area contributed by atoms with Crippen LogP contribution in [0.25, 0.3) is 0 Å². The van der Waals surface area contributed by atoms with Crippen molar-refractivity contribution in [3.05, 3.63) is 83.6 Å². The lowest BCUT2D eigenvalue weighted by molar-refractivity contribution is -0.438. The van der Waals surface area contributed by atoms with E-state index < -0.39 is 64.7 Å². The first kappa shape index (κ1) is 43.6. The van der Waals surface area contributed by atoms with Crippen molar-refractivity contribution in [2.45, 2.75) is 93.3 Å². The van der Waals surface area contributed by atoms with Crippen molar-refractivity contribution in [3.63, 3.8) is 0 Å². The van der Waals surface area contributed by atoms with Gasteiger partial charge < -0.3 is 14.3 Å². The van der Waals surface area contributed by atoms with Gasteiger partial charge in [0.15, 0.2) is 5.71 Å². The number of hydrogen-bond acceptors (Lipinski definition) is 12. The summed E-state index contributed by atoms with van der Waals surface area (Å²) < 4.78 is 104. The first-order valence-corrected chi connectivity index (χ1v) is 22.6. The molecule has 3 aliphatic rings. The van der Waals surface area contributed by atoms with Gasteiger partial charge in [-0.05, 0) is 75.1 Å². The maximum Gasteiger partial charge on any atom is 0.333 e. The van der Waals surface area contributed by atoms with Crippen LogP contribution in [-0.4, -0.2) is 90.9 Å². The highest BCUT2D eigenvalue weighted by molar-refractivity contribution is 7.86. The van der Waals surface area contributed by atoms with E-state index in [-0.39, 0.29) is 42.0 Å². The number of nitrogens with zero attached hydrogens (tertiary/aromatic N) is 3. The van der Waals surface area contributed by atoms with E-state index >= 15 is 0 Å². The highest BCUT2D eigenvalue weighted by Gasteiger charge is 2.45. The molecule has 57 heavy (non-hydrogen) atoms. The third-order valence-electron chi connectivity index (χ3n) is 10.3. The Kier molecular flexibility index (Phi) is 12.5. The van der Waals surface area contributed by atoms with Crippen LogP contribution in [0.3, 0.4) is 0 Å². The highest BCUT2D eigenvalue weighted by atomic mass is 32.2. The Morgan fingerprint density at radius 2 is 1.49 bits per heavy atom. The van der Waals surface area contributed by atoms with Crippen molar-refractivity contribution in [2.24, 2.45) is 0 Å². The molecule has 16 nitrogen and oxygen atoms in total. The standard InChI is InChI=1S/C38H45N3O13S3/c1-37(2)28-24-26(56(48,49)50)15-17-30(28)39(21-10-6-9-14-36(44)54-41-34(42)19-20-35(41)43)32(37)12-7-5-8-13-33-38(3,4)29-25-27(57(51,52)53)16-18-31(29)40(33)22-11-23-55(45,46)47/h5,7-8,12-13,15-18,24-25H,6,9-11,14,19-23H2,1-4H3,(H2-,45,46,47,48,49,50,51,52,53). The largest absolute Gasteiger partial charge is 0.744 e. The Morgan fingerprint density at radius 1 is 0.842 bits per heavy atom. The zero-order valence-electron chi connectivity index (χ0n) is 31.9. The Labute approximate surface area is 332 Å². The van der Waals surface area contributed by atoms with Crippen LogP contribution in [0.2, 0.25) is 0 Å². The number of amides is 2.